The lowest BCUT2D eigenvalue weighted by Gasteiger charge is -2.10. The molecule has 0 spiro atoms. The van der Waals surface area contributed by atoms with Crippen molar-refractivity contribution in [3.05, 3.63) is 82.9 Å². The summed E-state index contributed by atoms with van der Waals surface area (Å²) < 4.78 is 5.23. The maximum Gasteiger partial charge on any atom is 0.269 e. The highest BCUT2D eigenvalue weighted by molar-refractivity contribution is 5.93. The van der Waals surface area contributed by atoms with Crippen LogP contribution in [0.2, 0.25) is 0 Å². The number of methoxy groups -OCH3 is 1. The van der Waals surface area contributed by atoms with Gasteiger partial charge in [0.15, 0.2) is 5.82 Å². The highest BCUT2D eigenvalue weighted by atomic mass is 16.6. The summed E-state index contributed by atoms with van der Waals surface area (Å²) in [6, 6.07) is 21.7. The second-order valence-corrected chi connectivity index (χ2v) is 5.95. The van der Waals surface area contributed by atoms with Crippen LogP contribution in [0.25, 0.3) is 33.5 Å². The van der Waals surface area contributed by atoms with Crippen LogP contribution in [-0.2, 0) is 0 Å². The number of hydrogen-bond donors (Lipinski definition) is 0. The van der Waals surface area contributed by atoms with E-state index in [-0.39, 0.29) is 5.69 Å². The number of ether oxygens (including phenoxy) is 1. The van der Waals surface area contributed by atoms with Gasteiger partial charge in [0.1, 0.15) is 5.75 Å². The van der Waals surface area contributed by atoms with Gasteiger partial charge in [-0.2, -0.15) is 0 Å². The van der Waals surface area contributed by atoms with Crippen molar-refractivity contribution in [2.45, 2.75) is 0 Å². The zero-order valence-electron chi connectivity index (χ0n) is 14.5. The minimum atomic E-state index is -0.423. The summed E-state index contributed by atoms with van der Waals surface area (Å²) in [5.41, 5.74) is 3.32. The summed E-state index contributed by atoms with van der Waals surface area (Å²) in [4.78, 5) is 19.8. The van der Waals surface area contributed by atoms with E-state index < -0.39 is 4.92 Å². The Kier molecular flexibility index (Phi) is 4.22. The normalized spacial score (nSPS) is 10.7. The van der Waals surface area contributed by atoms with Crippen molar-refractivity contribution in [3.63, 3.8) is 0 Å². The average Bonchev–Trinajstić information content (AvgIpc) is 2.73. The van der Waals surface area contributed by atoms with E-state index in [1.165, 1.54) is 12.1 Å². The van der Waals surface area contributed by atoms with Gasteiger partial charge in [-0.3, -0.25) is 10.1 Å². The summed E-state index contributed by atoms with van der Waals surface area (Å²) in [5, 5.41) is 11.8. The molecule has 0 atom stereocenters. The van der Waals surface area contributed by atoms with Crippen molar-refractivity contribution < 1.29 is 9.66 Å². The fourth-order valence-electron chi connectivity index (χ4n) is 2.91. The molecular weight excluding hydrogens is 342 g/mol. The number of fused-ring (bicyclic) bond motifs is 1. The molecule has 6 heteroatoms. The Labute approximate surface area is 155 Å². The molecule has 0 saturated heterocycles. The molecule has 0 N–H and O–H groups in total. The van der Waals surface area contributed by atoms with Gasteiger partial charge in [0, 0.05) is 28.6 Å². The summed E-state index contributed by atoms with van der Waals surface area (Å²) >= 11 is 0. The summed E-state index contributed by atoms with van der Waals surface area (Å²) in [6.07, 6.45) is 0. The minimum absolute atomic E-state index is 0.0370. The topological polar surface area (TPSA) is 78.2 Å². The van der Waals surface area contributed by atoms with E-state index in [1.807, 2.05) is 48.5 Å². The number of nitro benzene ring substituents is 1. The Morgan fingerprint density at radius 3 is 2.19 bits per heavy atom. The van der Waals surface area contributed by atoms with E-state index >= 15 is 0 Å². The number of non-ortho nitro benzene ring substituents is 1. The lowest BCUT2D eigenvalue weighted by atomic mass is 10.1. The fourth-order valence-corrected chi connectivity index (χ4v) is 2.91. The Hall–Kier alpha value is -3.80. The molecule has 0 saturated carbocycles. The number of aromatic nitrogens is 2. The highest BCUT2D eigenvalue weighted by Gasteiger charge is 2.12. The zero-order chi connectivity index (χ0) is 18.8. The summed E-state index contributed by atoms with van der Waals surface area (Å²) in [7, 11) is 1.63. The molecule has 6 nitrogen and oxygen atoms in total. The molecule has 0 amide bonds. The van der Waals surface area contributed by atoms with Crippen molar-refractivity contribution in [2.75, 3.05) is 7.11 Å². The molecule has 27 heavy (non-hydrogen) atoms. The predicted octanol–water partition coefficient (Wildman–Crippen LogP) is 4.88. The molecule has 0 unspecified atom stereocenters. The van der Waals surface area contributed by atoms with Gasteiger partial charge in [0.05, 0.1) is 23.2 Å². The van der Waals surface area contributed by atoms with E-state index in [2.05, 4.69) is 4.98 Å². The van der Waals surface area contributed by atoms with Gasteiger partial charge in [0.2, 0.25) is 0 Å². The van der Waals surface area contributed by atoms with Crippen molar-refractivity contribution >= 4 is 16.6 Å². The van der Waals surface area contributed by atoms with Crippen LogP contribution < -0.4 is 4.74 Å². The third-order valence-electron chi connectivity index (χ3n) is 4.30. The average molecular weight is 357 g/mol. The first kappa shape index (κ1) is 16.7. The number of nitrogens with zero attached hydrogens (tertiary/aromatic N) is 3. The van der Waals surface area contributed by atoms with Gasteiger partial charge in [-0.05, 0) is 42.5 Å². The Morgan fingerprint density at radius 2 is 1.52 bits per heavy atom. The first-order valence-electron chi connectivity index (χ1n) is 8.32. The molecule has 4 aromatic rings. The number of nitro groups is 1. The monoisotopic (exact) mass is 357 g/mol. The second-order valence-electron chi connectivity index (χ2n) is 5.95. The SMILES string of the molecule is COc1ccc(-c2nc(-c3ccc([N+](=O)[O-])cc3)nc3ccccc23)cc1. The maximum atomic E-state index is 10.9. The van der Waals surface area contributed by atoms with Gasteiger partial charge in [0.25, 0.3) is 5.69 Å². The van der Waals surface area contributed by atoms with E-state index in [1.54, 1.807) is 19.2 Å². The third kappa shape index (κ3) is 3.20. The van der Waals surface area contributed by atoms with Crippen LogP contribution >= 0.6 is 0 Å². The van der Waals surface area contributed by atoms with Crippen molar-refractivity contribution in [2.24, 2.45) is 0 Å². The molecule has 0 radical (unpaired) electrons. The third-order valence-corrected chi connectivity index (χ3v) is 4.30. The minimum Gasteiger partial charge on any atom is -0.497 e. The smallest absolute Gasteiger partial charge is 0.269 e. The largest absolute Gasteiger partial charge is 0.497 e. The molecule has 132 valence electrons. The Bertz CT molecular complexity index is 1120. The fraction of sp³-hybridized carbons (Fsp3) is 0.0476. The van der Waals surface area contributed by atoms with Crippen LogP contribution in [0.15, 0.2) is 72.8 Å². The molecule has 0 bridgehead atoms. The van der Waals surface area contributed by atoms with Crippen molar-refractivity contribution in [1.29, 1.82) is 0 Å². The lowest BCUT2D eigenvalue weighted by Crippen LogP contribution is -1.95. The quantitative estimate of drug-likeness (QED) is 0.384. The second kappa shape index (κ2) is 6.84. The highest BCUT2D eigenvalue weighted by Crippen LogP contribution is 2.30. The van der Waals surface area contributed by atoms with Crippen LogP contribution in [0.5, 0.6) is 5.75 Å². The number of para-hydroxylation sites is 1. The van der Waals surface area contributed by atoms with Crippen LogP contribution in [-0.4, -0.2) is 22.0 Å². The number of benzene rings is 3. The molecule has 4 rings (SSSR count). The van der Waals surface area contributed by atoms with Crippen molar-refractivity contribution in [1.82, 2.24) is 9.97 Å². The molecule has 0 fully saturated rings. The predicted molar refractivity (Wildman–Crippen MR) is 104 cm³/mol. The molecule has 1 heterocycles. The molecule has 0 aliphatic heterocycles. The maximum absolute atomic E-state index is 10.9. The Morgan fingerprint density at radius 1 is 0.852 bits per heavy atom. The van der Waals surface area contributed by atoms with Gasteiger partial charge in [-0.25, -0.2) is 9.97 Å². The van der Waals surface area contributed by atoms with E-state index in [0.717, 1.165) is 33.5 Å². The number of rotatable bonds is 4. The van der Waals surface area contributed by atoms with Crippen molar-refractivity contribution in [3.8, 4) is 28.4 Å². The van der Waals surface area contributed by atoms with Crippen LogP contribution in [0.1, 0.15) is 0 Å². The summed E-state index contributed by atoms with van der Waals surface area (Å²) in [5.74, 6) is 1.29. The molecule has 1 aromatic heterocycles. The van der Waals surface area contributed by atoms with Gasteiger partial charge < -0.3 is 4.74 Å². The van der Waals surface area contributed by atoms with Crippen LogP contribution in [0.4, 0.5) is 5.69 Å². The standard InChI is InChI=1S/C21H15N3O3/c1-27-17-12-8-14(9-13-17)20-18-4-2-3-5-19(18)22-21(23-20)15-6-10-16(11-7-15)24(25)26/h2-13H,1H3. The first-order chi connectivity index (χ1) is 13.2. The van der Waals surface area contributed by atoms with Gasteiger partial charge in [-0.15, -0.1) is 0 Å². The van der Waals surface area contributed by atoms with E-state index in [9.17, 15) is 10.1 Å². The molecule has 3 aromatic carbocycles. The van der Waals surface area contributed by atoms with Gasteiger partial charge >= 0.3 is 0 Å². The molecular formula is C21H15N3O3. The first-order valence-corrected chi connectivity index (χ1v) is 8.32. The zero-order valence-corrected chi connectivity index (χ0v) is 14.5. The Balaban J connectivity index is 1.88. The number of hydrogen-bond acceptors (Lipinski definition) is 5. The molecule has 0 aliphatic rings. The van der Waals surface area contributed by atoms with Crippen LogP contribution in [0, 0.1) is 10.1 Å². The van der Waals surface area contributed by atoms with E-state index in [4.69, 9.17) is 9.72 Å². The summed E-state index contributed by atoms with van der Waals surface area (Å²) in [6.45, 7) is 0. The lowest BCUT2D eigenvalue weighted by molar-refractivity contribution is -0.384. The molecule has 0 aliphatic carbocycles. The van der Waals surface area contributed by atoms with Gasteiger partial charge in [-0.1, -0.05) is 18.2 Å². The van der Waals surface area contributed by atoms with Crippen LogP contribution in [0.3, 0.4) is 0 Å². The van der Waals surface area contributed by atoms with E-state index in [0.29, 0.717) is 5.82 Å².